The second kappa shape index (κ2) is 4.08. The van der Waals surface area contributed by atoms with Crippen LogP contribution in [0.25, 0.3) is 0 Å². The molecule has 0 aromatic heterocycles. The van der Waals surface area contributed by atoms with E-state index in [2.05, 4.69) is 18.7 Å². The molecule has 0 atom stereocenters. The van der Waals surface area contributed by atoms with Crippen molar-refractivity contribution in [2.75, 3.05) is 6.73 Å². The van der Waals surface area contributed by atoms with Gasteiger partial charge in [0.05, 0.1) is 6.42 Å². The van der Waals surface area contributed by atoms with E-state index in [4.69, 9.17) is 4.74 Å². The van der Waals surface area contributed by atoms with Gasteiger partial charge in [0, 0.05) is 0 Å². The highest BCUT2D eigenvalue weighted by molar-refractivity contribution is 5.77. The van der Waals surface area contributed by atoms with Crippen LogP contribution in [-0.4, -0.2) is 23.9 Å². The molecule has 0 aromatic rings. The van der Waals surface area contributed by atoms with Gasteiger partial charge in [-0.2, -0.15) is 0 Å². The van der Waals surface area contributed by atoms with E-state index in [1.165, 1.54) is 0 Å². The average molecular weight is 215 g/mol. The molecule has 86 valence electrons. The van der Waals surface area contributed by atoms with Gasteiger partial charge in [-0.25, -0.2) is 4.79 Å². The highest BCUT2D eigenvalue weighted by Crippen LogP contribution is 2.30. The Hall–Kier alpha value is -1.26. The molecule has 5 heteroatoms. The Kier molecular flexibility index (Phi) is 3.21. The normalized spacial score (nSPS) is 15.3. The number of amides is 1. The van der Waals surface area contributed by atoms with Crippen LogP contribution in [0.1, 0.15) is 34.1 Å². The van der Waals surface area contributed by atoms with Crippen LogP contribution in [0.15, 0.2) is 0 Å². The summed E-state index contributed by atoms with van der Waals surface area (Å²) in [6, 6.07) is 0. The number of esters is 1. The van der Waals surface area contributed by atoms with E-state index in [0.717, 1.165) is 5.06 Å². The van der Waals surface area contributed by atoms with Gasteiger partial charge in [0.25, 0.3) is 0 Å². The largest absolute Gasteiger partial charge is 0.471 e. The standard InChI is InChI=1S/C10H17NO4/c1-7(2)10(3,4)5-8(12)14-6-11-9(13)15-11/h7H,5-6H2,1-4H3. The molecule has 0 unspecified atom stereocenters. The molecule has 0 radical (unpaired) electrons. The minimum Gasteiger partial charge on any atom is -0.441 e. The number of hydrogen-bond acceptors (Lipinski definition) is 4. The molecule has 1 fully saturated rings. The van der Waals surface area contributed by atoms with Crippen LogP contribution in [0.3, 0.4) is 0 Å². The zero-order valence-electron chi connectivity index (χ0n) is 9.57. The number of rotatable bonds is 5. The second-order valence-electron chi connectivity index (χ2n) is 4.70. The summed E-state index contributed by atoms with van der Waals surface area (Å²) in [4.78, 5) is 26.2. The van der Waals surface area contributed by atoms with Gasteiger partial charge in [-0.3, -0.25) is 4.79 Å². The lowest BCUT2D eigenvalue weighted by Crippen LogP contribution is -2.25. The van der Waals surface area contributed by atoms with Crippen molar-refractivity contribution >= 4 is 12.1 Å². The monoisotopic (exact) mass is 215 g/mol. The molecule has 15 heavy (non-hydrogen) atoms. The molecule has 1 rings (SSSR count). The quantitative estimate of drug-likeness (QED) is 0.519. The maximum Gasteiger partial charge on any atom is 0.471 e. The topological polar surface area (TPSA) is 58.9 Å². The van der Waals surface area contributed by atoms with Crippen LogP contribution in [-0.2, 0) is 14.4 Å². The summed E-state index contributed by atoms with van der Waals surface area (Å²) in [6.07, 6.45) is -0.113. The Morgan fingerprint density at radius 2 is 2.07 bits per heavy atom. The summed E-state index contributed by atoms with van der Waals surface area (Å²) >= 11 is 0. The second-order valence-corrected chi connectivity index (χ2v) is 4.70. The highest BCUT2D eigenvalue weighted by atomic mass is 16.9. The Labute approximate surface area is 89.3 Å². The van der Waals surface area contributed by atoms with Crippen LogP contribution < -0.4 is 0 Å². The van der Waals surface area contributed by atoms with Gasteiger partial charge >= 0.3 is 12.1 Å². The van der Waals surface area contributed by atoms with E-state index in [0.29, 0.717) is 12.3 Å². The fraction of sp³-hybridized carbons (Fsp3) is 0.800. The van der Waals surface area contributed by atoms with Crippen molar-refractivity contribution in [2.45, 2.75) is 34.1 Å². The molecule has 1 aliphatic rings. The number of nitrogens with zero attached hydrogens (tertiary/aromatic N) is 1. The van der Waals surface area contributed by atoms with Crippen LogP contribution >= 0.6 is 0 Å². The molecule has 0 N–H and O–H groups in total. The Bertz CT molecular complexity index is 273. The van der Waals surface area contributed by atoms with E-state index in [1.807, 2.05) is 13.8 Å². The predicted octanol–water partition coefficient (Wildman–Crippen LogP) is 1.93. The molecule has 0 aromatic carbocycles. The third kappa shape index (κ3) is 3.42. The van der Waals surface area contributed by atoms with Gasteiger partial charge < -0.3 is 9.57 Å². The van der Waals surface area contributed by atoms with Crippen molar-refractivity contribution in [3.05, 3.63) is 0 Å². The third-order valence-corrected chi connectivity index (χ3v) is 2.87. The van der Waals surface area contributed by atoms with Crippen LogP contribution in [0.5, 0.6) is 0 Å². The van der Waals surface area contributed by atoms with Gasteiger partial charge in [0.2, 0.25) is 6.73 Å². The Balaban J connectivity index is 2.26. The van der Waals surface area contributed by atoms with Crippen LogP contribution in [0, 0.1) is 11.3 Å². The SMILES string of the molecule is CC(C)C(C)(C)CC(=O)OCN1OC1=O. The number of hydrogen-bond donors (Lipinski definition) is 0. The lowest BCUT2D eigenvalue weighted by atomic mass is 9.78. The summed E-state index contributed by atoms with van der Waals surface area (Å²) < 4.78 is 4.86. The van der Waals surface area contributed by atoms with Gasteiger partial charge in [-0.05, 0) is 11.3 Å². The molecule has 0 saturated carbocycles. The molecule has 1 amide bonds. The maximum atomic E-state index is 11.4. The molecule has 5 nitrogen and oxygen atoms in total. The first kappa shape index (κ1) is 11.8. The zero-order chi connectivity index (χ0) is 11.6. The summed E-state index contributed by atoms with van der Waals surface area (Å²) in [5.41, 5.74) is -0.0964. The summed E-state index contributed by atoms with van der Waals surface area (Å²) in [5, 5.41) is 0.986. The number of hydroxylamine groups is 2. The lowest BCUT2D eigenvalue weighted by Gasteiger charge is -2.27. The van der Waals surface area contributed by atoms with Crippen LogP contribution in [0.2, 0.25) is 0 Å². The van der Waals surface area contributed by atoms with Crippen molar-refractivity contribution in [1.29, 1.82) is 0 Å². The molecule has 0 aliphatic carbocycles. The fourth-order valence-electron chi connectivity index (χ4n) is 0.911. The molecule has 1 heterocycles. The highest BCUT2D eigenvalue weighted by Gasteiger charge is 2.36. The first-order valence-electron chi connectivity index (χ1n) is 4.98. The zero-order valence-corrected chi connectivity index (χ0v) is 9.57. The fourth-order valence-corrected chi connectivity index (χ4v) is 0.911. The Morgan fingerprint density at radius 1 is 1.53 bits per heavy atom. The van der Waals surface area contributed by atoms with Crippen molar-refractivity contribution in [1.82, 2.24) is 5.06 Å². The number of carbonyl (C=O) groups excluding carboxylic acids is 2. The third-order valence-electron chi connectivity index (χ3n) is 2.87. The first-order chi connectivity index (χ1) is 6.83. The molecule has 0 spiro atoms. The first-order valence-corrected chi connectivity index (χ1v) is 4.98. The minimum atomic E-state index is -0.453. The number of ether oxygens (including phenoxy) is 1. The van der Waals surface area contributed by atoms with Gasteiger partial charge in [0.15, 0.2) is 0 Å². The van der Waals surface area contributed by atoms with Crippen molar-refractivity contribution in [2.24, 2.45) is 11.3 Å². The van der Waals surface area contributed by atoms with Crippen molar-refractivity contribution in [3.63, 3.8) is 0 Å². The van der Waals surface area contributed by atoms with Crippen LogP contribution in [0.4, 0.5) is 4.79 Å². The summed E-state index contributed by atoms with van der Waals surface area (Å²) in [6.45, 7) is 8.04. The van der Waals surface area contributed by atoms with Crippen molar-refractivity contribution < 1.29 is 19.2 Å². The smallest absolute Gasteiger partial charge is 0.441 e. The van der Waals surface area contributed by atoms with E-state index in [9.17, 15) is 9.59 Å². The minimum absolute atomic E-state index is 0.0964. The average Bonchev–Trinajstić information content (AvgIpc) is 2.77. The molecule has 1 saturated heterocycles. The van der Waals surface area contributed by atoms with E-state index >= 15 is 0 Å². The molecule has 1 aliphatic heterocycles. The van der Waals surface area contributed by atoms with Crippen molar-refractivity contribution in [3.8, 4) is 0 Å². The van der Waals surface area contributed by atoms with Gasteiger partial charge in [-0.1, -0.05) is 32.8 Å². The molecular weight excluding hydrogens is 198 g/mol. The molecular formula is C10H17NO4. The van der Waals surface area contributed by atoms with E-state index in [-0.39, 0.29) is 18.1 Å². The molecule has 0 bridgehead atoms. The van der Waals surface area contributed by atoms with Gasteiger partial charge in [0.1, 0.15) is 0 Å². The number of carbonyl (C=O) groups is 2. The predicted molar refractivity (Wildman–Crippen MR) is 52.5 cm³/mol. The van der Waals surface area contributed by atoms with Gasteiger partial charge in [-0.15, -0.1) is 0 Å². The van der Waals surface area contributed by atoms with E-state index < -0.39 is 6.09 Å². The lowest BCUT2D eigenvalue weighted by molar-refractivity contribution is -0.151. The summed E-state index contributed by atoms with van der Waals surface area (Å²) in [7, 11) is 0. The summed E-state index contributed by atoms with van der Waals surface area (Å²) in [5.74, 6) is 0.0844. The van der Waals surface area contributed by atoms with E-state index in [1.54, 1.807) is 0 Å². The maximum absolute atomic E-state index is 11.4. The Morgan fingerprint density at radius 3 is 2.47 bits per heavy atom.